The molecule has 0 saturated carbocycles. The molecule has 0 amide bonds. The third-order valence-electron chi connectivity index (χ3n) is 3.63. The van der Waals surface area contributed by atoms with Gasteiger partial charge in [-0.05, 0) is 49.2 Å². The Morgan fingerprint density at radius 3 is 2.63 bits per heavy atom. The second kappa shape index (κ2) is 9.81. The number of hydrogen-bond donors (Lipinski definition) is 2. The molecule has 0 aliphatic carbocycles. The van der Waals surface area contributed by atoms with Gasteiger partial charge in [0.05, 0.1) is 15.6 Å². The van der Waals surface area contributed by atoms with E-state index >= 15 is 0 Å². The van der Waals surface area contributed by atoms with Gasteiger partial charge in [-0.1, -0.05) is 30.1 Å². The molecular weight excluding hydrogens is 387 g/mol. The smallest absolute Gasteiger partial charge is 0.247 e. The van der Waals surface area contributed by atoms with E-state index < -0.39 is 0 Å². The molecule has 1 heterocycles. The van der Waals surface area contributed by atoms with Crippen molar-refractivity contribution in [2.75, 3.05) is 11.9 Å². The quantitative estimate of drug-likeness (QED) is 0.600. The van der Waals surface area contributed by atoms with Crippen molar-refractivity contribution < 1.29 is 9.52 Å². The van der Waals surface area contributed by atoms with Gasteiger partial charge in [0.1, 0.15) is 11.8 Å². The lowest BCUT2D eigenvalue weighted by atomic mass is 10.1. The molecule has 0 saturated heterocycles. The highest BCUT2D eigenvalue weighted by Crippen LogP contribution is 2.28. The second-order valence-corrected chi connectivity index (χ2v) is 6.33. The number of nitrogens with one attached hydrogen (secondary N) is 1. The summed E-state index contributed by atoms with van der Waals surface area (Å²) in [6.45, 7) is 4.94. The van der Waals surface area contributed by atoms with Crippen molar-refractivity contribution in [2.45, 2.75) is 20.3 Å². The number of aromatic nitrogens is 2. The minimum absolute atomic E-state index is 0.0323. The Kier molecular flexibility index (Phi) is 7.47. The van der Waals surface area contributed by atoms with Crippen LogP contribution in [-0.4, -0.2) is 21.8 Å². The maximum absolute atomic E-state index is 9.14. The van der Waals surface area contributed by atoms with Crippen molar-refractivity contribution in [3.05, 3.63) is 57.9 Å². The predicted molar refractivity (Wildman–Crippen MR) is 106 cm³/mol. The number of benzene rings is 2. The Morgan fingerprint density at radius 2 is 2.04 bits per heavy atom. The summed E-state index contributed by atoms with van der Waals surface area (Å²) in [6.07, 6.45) is 2.30. The van der Waals surface area contributed by atoms with Crippen molar-refractivity contribution in [1.29, 1.82) is 5.26 Å². The van der Waals surface area contributed by atoms with Crippen LogP contribution in [-0.2, 0) is 0 Å². The minimum atomic E-state index is 0.0323. The largest absolute Gasteiger partial charge is 0.506 e. The van der Waals surface area contributed by atoms with Crippen molar-refractivity contribution >= 4 is 28.9 Å². The van der Waals surface area contributed by atoms with Crippen LogP contribution >= 0.6 is 23.2 Å². The first kappa shape index (κ1) is 20.6. The molecule has 0 spiro atoms. The monoisotopic (exact) mass is 404 g/mol. The number of hydrogen-bond acceptors (Lipinski definition) is 6. The average molecular weight is 405 g/mol. The molecule has 140 valence electrons. The standard InChI is InChI=1S/C11H13ClN2.C8H5ClN2O2/c1-3-6-14-10-5-4-9(7-13)11(12)8(10)2;9-6-3-5(1-2-7(6)12)8-11-10-4-13-8/h4-5,14H,3,6H2,1-2H3;1-4,12H. The van der Waals surface area contributed by atoms with Gasteiger partial charge in [0.15, 0.2) is 0 Å². The van der Waals surface area contributed by atoms with Crippen molar-refractivity contribution in [1.82, 2.24) is 10.2 Å². The van der Waals surface area contributed by atoms with Crippen LogP contribution in [0.15, 0.2) is 41.1 Å². The zero-order chi connectivity index (χ0) is 19.8. The van der Waals surface area contributed by atoms with Gasteiger partial charge >= 0.3 is 0 Å². The lowest BCUT2D eigenvalue weighted by molar-refractivity contribution is 0.475. The molecule has 0 radical (unpaired) electrons. The fourth-order valence-corrected chi connectivity index (χ4v) is 2.55. The summed E-state index contributed by atoms with van der Waals surface area (Å²) in [6, 6.07) is 10.4. The van der Waals surface area contributed by atoms with Gasteiger partial charge in [-0.15, -0.1) is 10.2 Å². The molecule has 0 fully saturated rings. The van der Waals surface area contributed by atoms with E-state index in [2.05, 4.69) is 28.5 Å². The maximum atomic E-state index is 9.14. The molecule has 3 rings (SSSR count). The molecule has 2 N–H and O–H groups in total. The topological polar surface area (TPSA) is 95.0 Å². The summed E-state index contributed by atoms with van der Waals surface area (Å²) in [4.78, 5) is 0. The molecule has 8 heteroatoms. The third kappa shape index (κ3) is 5.36. The first-order valence-corrected chi connectivity index (χ1v) is 8.91. The maximum Gasteiger partial charge on any atom is 0.247 e. The van der Waals surface area contributed by atoms with E-state index in [-0.39, 0.29) is 10.8 Å². The van der Waals surface area contributed by atoms with Gasteiger partial charge in [0, 0.05) is 17.8 Å². The molecule has 6 nitrogen and oxygen atoms in total. The molecular formula is C19H18Cl2N4O2. The SMILES string of the molecule is CCCNc1ccc(C#N)c(Cl)c1C.Oc1ccc(-c2nnco2)cc1Cl. The van der Waals surface area contributed by atoms with Crippen molar-refractivity contribution in [2.24, 2.45) is 0 Å². The van der Waals surface area contributed by atoms with E-state index in [1.165, 1.54) is 12.5 Å². The summed E-state index contributed by atoms with van der Waals surface area (Å²) in [7, 11) is 0. The third-order valence-corrected chi connectivity index (χ3v) is 4.42. The van der Waals surface area contributed by atoms with E-state index in [1.54, 1.807) is 18.2 Å². The summed E-state index contributed by atoms with van der Waals surface area (Å²) in [5.41, 5.74) is 3.17. The van der Waals surface area contributed by atoms with E-state index in [0.29, 0.717) is 22.0 Å². The van der Waals surface area contributed by atoms with Gasteiger partial charge in [-0.3, -0.25) is 0 Å². The normalized spacial score (nSPS) is 9.89. The molecule has 2 aromatic carbocycles. The van der Waals surface area contributed by atoms with Gasteiger partial charge in [0.25, 0.3) is 0 Å². The minimum Gasteiger partial charge on any atom is -0.506 e. The second-order valence-electron chi connectivity index (χ2n) is 5.55. The Hall–Kier alpha value is -2.75. The summed E-state index contributed by atoms with van der Waals surface area (Å²) >= 11 is 11.7. The molecule has 0 bridgehead atoms. The molecule has 3 aromatic rings. The predicted octanol–water partition coefficient (Wildman–Crippen LogP) is 5.44. The fourth-order valence-electron chi connectivity index (χ4n) is 2.16. The van der Waals surface area contributed by atoms with E-state index in [4.69, 9.17) is 38.0 Å². The Balaban J connectivity index is 0.000000194. The molecule has 0 unspecified atom stereocenters. The highest BCUT2D eigenvalue weighted by molar-refractivity contribution is 6.33. The van der Waals surface area contributed by atoms with Gasteiger partial charge in [-0.25, -0.2) is 0 Å². The highest BCUT2D eigenvalue weighted by Gasteiger charge is 2.07. The van der Waals surface area contributed by atoms with Crippen molar-refractivity contribution in [3.63, 3.8) is 0 Å². The number of aromatic hydroxyl groups is 1. The van der Waals surface area contributed by atoms with Crippen LogP contribution in [0.1, 0.15) is 24.5 Å². The Bertz CT molecular complexity index is 938. The number of nitriles is 1. The number of phenols is 1. The summed E-state index contributed by atoms with van der Waals surface area (Å²) in [5, 5.41) is 29.2. The van der Waals surface area contributed by atoms with Crippen LogP contribution in [0.5, 0.6) is 5.75 Å². The van der Waals surface area contributed by atoms with E-state index in [1.807, 2.05) is 13.0 Å². The fraction of sp³-hybridized carbons (Fsp3) is 0.211. The van der Waals surface area contributed by atoms with Crippen LogP contribution in [0.4, 0.5) is 5.69 Å². The lowest BCUT2D eigenvalue weighted by Gasteiger charge is -2.10. The van der Waals surface area contributed by atoms with Crippen molar-refractivity contribution in [3.8, 4) is 23.3 Å². The van der Waals surface area contributed by atoms with Gasteiger partial charge < -0.3 is 14.8 Å². The Labute approximate surface area is 167 Å². The van der Waals surface area contributed by atoms with Crippen LogP contribution in [0.2, 0.25) is 10.0 Å². The van der Waals surface area contributed by atoms with Gasteiger partial charge in [0.2, 0.25) is 12.3 Å². The first-order valence-electron chi connectivity index (χ1n) is 8.16. The van der Waals surface area contributed by atoms with Crippen LogP contribution in [0, 0.1) is 18.3 Å². The molecule has 27 heavy (non-hydrogen) atoms. The zero-order valence-electron chi connectivity index (χ0n) is 14.8. The molecule has 1 aromatic heterocycles. The number of nitrogens with zero attached hydrogens (tertiary/aromatic N) is 3. The van der Waals surface area contributed by atoms with Crippen LogP contribution < -0.4 is 5.32 Å². The van der Waals surface area contributed by atoms with Crippen LogP contribution in [0.25, 0.3) is 11.5 Å². The number of rotatable bonds is 4. The number of halogens is 2. The van der Waals surface area contributed by atoms with E-state index in [9.17, 15) is 0 Å². The lowest BCUT2D eigenvalue weighted by Crippen LogP contribution is -2.02. The first-order chi connectivity index (χ1) is 13.0. The molecule has 0 aliphatic rings. The average Bonchev–Trinajstić information content (AvgIpc) is 3.20. The Morgan fingerprint density at radius 1 is 1.26 bits per heavy atom. The zero-order valence-corrected chi connectivity index (χ0v) is 16.3. The highest BCUT2D eigenvalue weighted by atomic mass is 35.5. The molecule has 0 aliphatic heterocycles. The molecule has 0 atom stereocenters. The number of anilines is 1. The van der Waals surface area contributed by atoms with Crippen LogP contribution in [0.3, 0.4) is 0 Å². The van der Waals surface area contributed by atoms with E-state index in [0.717, 1.165) is 24.2 Å². The van der Waals surface area contributed by atoms with Gasteiger partial charge in [-0.2, -0.15) is 5.26 Å². The summed E-state index contributed by atoms with van der Waals surface area (Å²) < 4.78 is 4.95. The number of phenolic OH excluding ortho intramolecular Hbond substituents is 1. The summed E-state index contributed by atoms with van der Waals surface area (Å²) in [5.74, 6) is 0.409.